The van der Waals surface area contributed by atoms with E-state index in [9.17, 15) is 14.7 Å². The molecule has 3 aromatic rings. The third-order valence-electron chi connectivity index (χ3n) is 5.56. The molecule has 1 N–H and O–H groups in total. The summed E-state index contributed by atoms with van der Waals surface area (Å²) in [4.78, 5) is 33.0. The monoisotopic (exact) mass is 432 g/mol. The predicted octanol–water partition coefficient (Wildman–Crippen LogP) is 5.10. The number of nitrogens with zero attached hydrogens (tertiary/aromatic N) is 2. The Balaban J connectivity index is 1.81. The van der Waals surface area contributed by atoms with Crippen LogP contribution in [0, 0.1) is 13.8 Å². The van der Waals surface area contributed by atoms with Crippen molar-refractivity contribution in [1.82, 2.24) is 9.88 Å². The number of carbonyl (C=O) groups excluding carboxylic acids is 2. The largest absolute Gasteiger partial charge is 0.503 e. The van der Waals surface area contributed by atoms with E-state index in [1.165, 1.54) is 11.3 Å². The number of benzene rings is 2. The SMILES string of the molecule is CCc1ccc(C2C(C(=O)c3sc(C)nc3C)=C(O)C(=O)N2Cc2ccccc2)cc1. The second kappa shape index (κ2) is 8.47. The summed E-state index contributed by atoms with van der Waals surface area (Å²) >= 11 is 1.29. The Labute approximate surface area is 185 Å². The number of aliphatic hydroxyl groups is 1. The summed E-state index contributed by atoms with van der Waals surface area (Å²) in [6, 6.07) is 16.8. The molecule has 158 valence electrons. The van der Waals surface area contributed by atoms with Crippen molar-refractivity contribution in [2.24, 2.45) is 0 Å². The number of amides is 1. The van der Waals surface area contributed by atoms with Crippen LogP contribution in [0.5, 0.6) is 0 Å². The van der Waals surface area contributed by atoms with E-state index in [4.69, 9.17) is 0 Å². The second-order valence-corrected chi connectivity index (χ2v) is 8.86. The van der Waals surface area contributed by atoms with Gasteiger partial charge in [0.1, 0.15) is 0 Å². The average Bonchev–Trinajstić information content (AvgIpc) is 3.24. The molecule has 0 saturated carbocycles. The van der Waals surface area contributed by atoms with Crippen LogP contribution in [0.4, 0.5) is 0 Å². The number of thiazole rings is 1. The van der Waals surface area contributed by atoms with Crippen LogP contribution in [0.15, 0.2) is 65.9 Å². The molecule has 4 rings (SSSR count). The van der Waals surface area contributed by atoms with Gasteiger partial charge in [0.2, 0.25) is 5.78 Å². The van der Waals surface area contributed by atoms with Crippen molar-refractivity contribution < 1.29 is 14.7 Å². The van der Waals surface area contributed by atoms with Gasteiger partial charge in [-0.2, -0.15) is 0 Å². The van der Waals surface area contributed by atoms with E-state index in [0.717, 1.165) is 28.1 Å². The summed E-state index contributed by atoms with van der Waals surface area (Å²) in [7, 11) is 0. The lowest BCUT2D eigenvalue weighted by Crippen LogP contribution is -2.30. The van der Waals surface area contributed by atoms with E-state index in [2.05, 4.69) is 11.9 Å². The Morgan fingerprint density at radius 1 is 1.06 bits per heavy atom. The molecule has 1 amide bonds. The van der Waals surface area contributed by atoms with Gasteiger partial charge in [0.05, 0.1) is 27.2 Å². The molecule has 0 aliphatic carbocycles. The van der Waals surface area contributed by atoms with Gasteiger partial charge in [0.25, 0.3) is 5.91 Å². The van der Waals surface area contributed by atoms with Crippen LogP contribution >= 0.6 is 11.3 Å². The molecule has 0 bridgehead atoms. The lowest BCUT2D eigenvalue weighted by Gasteiger charge is -2.27. The molecule has 31 heavy (non-hydrogen) atoms. The van der Waals surface area contributed by atoms with Crippen molar-refractivity contribution in [3.8, 4) is 0 Å². The lowest BCUT2D eigenvalue weighted by molar-refractivity contribution is -0.130. The zero-order valence-electron chi connectivity index (χ0n) is 17.8. The molecule has 0 spiro atoms. The van der Waals surface area contributed by atoms with E-state index in [-0.39, 0.29) is 11.4 Å². The average molecular weight is 433 g/mol. The normalized spacial score (nSPS) is 16.3. The molecule has 0 saturated heterocycles. The van der Waals surface area contributed by atoms with Gasteiger partial charge in [0.15, 0.2) is 5.76 Å². The third-order valence-corrected chi connectivity index (χ3v) is 6.63. The van der Waals surface area contributed by atoms with Gasteiger partial charge in [-0.25, -0.2) is 4.98 Å². The van der Waals surface area contributed by atoms with Crippen LogP contribution in [0.2, 0.25) is 0 Å². The zero-order chi connectivity index (χ0) is 22.1. The van der Waals surface area contributed by atoms with E-state index < -0.39 is 17.7 Å². The minimum absolute atomic E-state index is 0.122. The molecule has 0 radical (unpaired) electrons. The highest BCUT2D eigenvalue weighted by molar-refractivity contribution is 7.14. The first-order valence-electron chi connectivity index (χ1n) is 10.3. The fraction of sp³-hybridized carbons (Fsp3) is 0.240. The van der Waals surface area contributed by atoms with Crippen molar-refractivity contribution >= 4 is 23.0 Å². The number of ketones is 1. The van der Waals surface area contributed by atoms with Crippen LogP contribution < -0.4 is 0 Å². The van der Waals surface area contributed by atoms with E-state index in [1.54, 1.807) is 11.8 Å². The fourth-order valence-corrected chi connectivity index (χ4v) is 4.85. The highest BCUT2D eigenvalue weighted by atomic mass is 32.1. The first kappa shape index (κ1) is 21.0. The smallest absolute Gasteiger partial charge is 0.290 e. The molecule has 2 heterocycles. The van der Waals surface area contributed by atoms with E-state index >= 15 is 0 Å². The molecule has 2 aromatic carbocycles. The number of carbonyl (C=O) groups is 2. The van der Waals surface area contributed by atoms with Crippen LogP contribution in [-0.4, -0.2) is 26.7 Å². The van der Waals surface area contributed by atoms with Crippen LogP contribution in [0.1, 0.15) is 50.0 Å². The van der Waals surface area contributed by atoms with Crippen molar-refractivity contribution in [2.45, 2.75) is 39.8 Å². The minimum Gasteiger partial charge on any atom is -0.503 e. The maximum absolute atomic E-state index is 13.5. The predicted molar refractivity (Wildman–Crippen MR) is 121 cm³/mol. The fourth-order valence-electron chi connectivity index (χ4n) is 3.98. The van der Waals surface area contributed by atoms with Crippen LogP contribution in [0.3, 0.4) is 0 Å². The number of aryl methyl sites for hydroxylation is 3. The van der Waals surface area contributed by atoms with Gasteiger partial charge < -0.3 is 10.0 Å². The third kappa shape index (κ3) is 3.91. The van der Waals surface area contributed by atoms with Crippen molar-refractivity contribution in [1.29, 1.82) is 0 Å². The van der Waals surface area contributed by atoms with E-state index in [1.807, 2.05) is 61.5 Å². The summed E-state index contributed by atoms with van der Waals surface area (Å²) in [5.41, 5.74) is 3.63. The summed E-state index contributed by atoms with van der Waals surface area (Å²) in [5.74, 6) is -1.35. The molecule has 1 unspecified atom stereocenters. The molecule has 0 fully saturated rings. The summed E-state index contributed by atoms with van der Waals surface area (Å²) in [5, 5.41) is 11.6. The Morgan fingerprint density at radius 2 is 1.74 bits per heavy atom. The highest BCUT2D eigenvalue weighted by Gasteiger charge is 2.44. The topological polar surface area (TPSA) is 70.5 Å². The van der Waals surface area contributed by atoms with Gasteiger partial charge in [-0.15, -0.1) is 11.3 Å². The van der Waals surface area contributed by atoms with E-state index in [0.29, 0.717) is 17.1 Å². The van der Waals surface area contributed by atoms with Gasteiger partial charge >= 0.3 is 0 Å². The number of hydrogen-bond acceptors (Lipinski definition) is 5. The Kier molecular flexibility index (Phi) is 5.74. The van der Waals surface area contributed by atoms with Gasteiger partial charge in [-0.05, 0) is 37.0 Å². The molecular formula is C25H24N2O3S. The molecule has 6 heteroatoms. The molecule has 1 atom stereocenters. The molecular weight excluding hydrogens is 408 g/mol. The minimum atomic E-state index is -0.659. The molecule has 1 aromatic heterocycles. The molecule has 1 aliphatic heterocycles. The number of hydrogen-bond donors (Lipinski definition) is 1. The first-order chi connectivity index (χ1) is 14.9. The summed E-state index contributed by atoms with van der Waals surface area (Å²) < 4.78 is 0. The molecule has 1 aliphatic rings. The van der Waals surface area contributed by atoms with Crippen molar-refractivity contribution in [3.63, 3.8) is 0 Å². The Bertz CT molecular complexity index is 1160. The van der Waals surface area contributed by atoms with Gasteiger partial charge in [0, 0.05) is 6.54 Å². The van der Waals surface area contributed by atoms with Crippen molar-refractivity contribution in [3.05, 3.63) is 98.2 Å². The lowest BCUT2D eigenvalue weighted by atomic mass is 9.94. The summed E-state index contributed by atoms with van der Waals surface area (Å²) in [6.07, 6.45) is 0.893. The Hall–Kier alpha value is -3.25. The number of Topliss-reactive ketones (excluding diaryl/α,β-unsaturated/α-hetero) is 1. The number of aliphatic hydroxyl groups excluding tert-OH is 1. The van der Waals surface area contributed by atoms with Crippen LogP contribution in [-0.2, 0) is 17.8 Å². The van der Waals surface area contributed by atoms with Crippen LogP contribution in [0.25, 0.3) is 0 Å². The second-order valence-electron chi connectivity index (χ2n) is 7.66. The maximum Gasteiger partial charge on any atom is 0.290 e. The summed E-state index contributed by atoms with van der Waals surface area (Å²) in [6.45, 7) is 5.98. The quantitative estimate of drug-likeness (QED) is 0.550. The Morgan fingerprint density at radius 3 is 2.32 bits per heavy atom. The highest BCUT2D eigenvalue weighted by Crippen LogP contribution is 2.41. The van der Waals surface area contributed by atoms with Gasteiger partial charge in [-0.1, -0.05) is 61.5 Å². The number of rotatable bonds is 6. The zero-order valence-corrected chi connectivity index (χ0v) is 18.6. The standard InChI is InChI=1S/C25H24N2O3S/c1-4-17-10-12-19(13-11-17)21-20(22(28)24-15(2)26-16(3)31-24)23(29)25(30)27(21)14-18-8-6-5-7-9-18/h5-13,21,29H,4,14H2,1-3H3. The first-order valence-corrected chi connectivity index (χ1v) is 11.1. The maximum atomic E-state index is 13.5. The van der Waals surface area contributed by atoms with Crippen molar-refractivity contribution in [2.75, 3.05) is 0 Å². The number of aromatic nitrogens is 1. The molecule has 5 nitrogen and oxygen atoms in total. The van der Waals surface area contributed by atoms with Gasteiger partial charge in [-0.3, -0.25) is 9.59 Å².